The molecule has 3 heterocycles. The van der Waals surface area contributed by atoms with Gasteiger partial charge in [-0.1, -0.05) is 0 Å². The van der Waals surface area contributed by atoms with Gasteiger partial charge in [0.25, 0.3) is 0 Å². The van der Waals surface area contributed by atoms with Crippen LogP contribution in [-0.2, 0) is 6.18 Å². The summed E-state index contributed by atoms with van der Waals surface area (Å²) >= 11 is 0. The van der Waals surface area contributed by atoms with E-state index < -0.39 is 17.8 Å². The lowest BCUT2D eigenvalue weighted by Gasteiger charge is -2.06. The third kappa shape index (κ3) is 2.20. The van der Waals surface area contributed by atoms with Gasteiger partial charge < -0.3 is 10.1 Å². The highest BCUT2D eigenvalue weighted by Crippen LogP contribution is 2.34. The van der Waals surface area contributed by atoms with Crippen molar-refractivity contribution < 1.29 is 18.3 Å². The Morgan fingerprint density at radius 3 is 2.68 bits per heavy atom. The van der Waals surface area contributed by atoms with Crippen LogP contribution < -0.4 is 0 Å². The molecule has 0 aliphatic carbocycles. The molecular formula is C13H6F3N5O. The van der Waals surface area contributed by atoms with Crippen molar-refractivity contribution in [1.82, 2.24) is 19.9 Å². The second-order valence-electron chi connectivity index (χ2n) is 4.36. The van der Waals surface area contributed by atoms with Crippen molar-refractivity contribution in [2.24, 2.45) is 0 Å². The second-order valence-corrected chi connectivity index (χ2v) is 4.36. The maximum absolute atomic E-state index is 12.8. The van der Waals surface area contributed by atoms with Gasteiger partial charge in [-0.3, -0.25) is 0 Å². The summed E-state index contributed by atoms with van der Waals surface area (Å²) in [5, 5.41) is 18.5. The van der Waals surface area contributed by atoms with Gasteiger partial charge in [0, 0.05) is 23.3 Å². The lowest BCUT2D eigenvalue weighted by atomic mass is 10.1. The van der Waals surface area contributed by atoms with E-state index in [1.165, 1.54) is 6.20 Å². The Kier molecular flexibility index (Phi) is 2.95. The zero-order chi connectivity index (χ0) is 15.9. The van der Waals surface area contributed by atoms with E-state index in [1.54, 1.807) is 0 Å². The number of hydrogen-bond donors (Lipinski definition) is 2. The van der Waals surface area contributed by atoms with E-state index in [0.717, 1.165) is 12.3 Å². The molecule has 0 saturated heterocycles. The fourth-order valence-electron chi connectivity index (χ4n) is 2.01. The van der Waals surface area contributed by atoms with Gasteiger partial charge in [0.15, 0.2) is 0 Å². The molecule has 0 atom stereocenters. The molecule has 0 amide bonds. The average molecular weight is 305 g/mol. The number of nitriles is 1. The van der Waals surface area contributed by atoms with Gasteiger partial charge in [0.2, 0.25) is 0 Å². The zero-order valence-corrected chi connectivity index (χ0v) is 10.7. The van der Waals surface area contributed by atoms with E-state index in [4.69, 9.17) is 5.26 Å². The van der Waals surface area contributed by atoms with Crippen molar-refractivity contribution in [1.29, 1.82) is 5.26 Å². The summed E-state index contributed by atoms with van der Waals surface area (Å²) in [5.74, 6) is 0. The molecule has 9 heteroatoms. The summed E-state index contributed by atoms with van der Waals surface area (Å²) in [6, 6.07) is 2.16. The summed E-state index contributed by atoms with van der Waals surface area (Å²) in [5.41, 5.74) is -0.427. The van der Waals surface area contributed by atoms with Crippen molar-refractivity contribution >= 4 is 11.0 Å². The highest BCUT2D eigenvalue weighted by atomic mass is 19.4. The molecule has 0 radical (unpaired) electrons. The van der Waals surface area contributed by atoms with Crippen molar-refractivity contribution in [3.63, 3.8) is 0 Å². The summed E-state index contributed by atoms with van der Waals surface area (Å²) < 4.78 is 38.4. The number of hydrogen-bond acceptors (Lipinski definition) is 5. The number of aromatic amines is 1. The first kappa shape index (κ1) is 13.8. The van der Waals surface area contributed by atoms with Gasteiger partial charge >= 0.3 is 12.2 Å². The van der Waals surface area contributed by atoms with Crippen molar-refractivity contribution in [3.05, 3.63) is 35.8 Å². The molecule has 0 bridgehead atoms. The predicted octanol–water partition coefficient (Wildman–Crippen LogP) is 2.62. The summed E-state index contributed by atoms with van der Waals surface area (Å²) in [6.07, 6.45) is -1.36. The molecule has 0 saturated carbocycles. The molecule has 0 aromatic carbocycles. The largest absolute Gasteiger partial charge is 0.479 e. The smallest absolute Gasteiger partial charge is 0.417 e. The van der Waals surface area contributed by atoms with Crippen LogP contribution in [0.1, 0.15) is 11.1 Å². The number of halogens is 3. The Morgan fingerprint density at radius 1 is 1.23 bits per heavy atom. The number of fused-ring (bicyclic) bond motifs is 1. The molecule has 22 heavy (non-hydrogen) atoms. The van der Waals surface area contributed by atoms with Crippen LogP contribution in [0.25, 0.3) is 22.3 Å². The minimum atomic E-state index is -4.54. The summed E-state index contributed by atoms with van der Waals surface area (Å²) in [7, 11) is 0. The minimum Gasteiger partial charge on any atom is -0.479 e. The molecular weight excluding hydrogens is 299 g/mol. The fourth-order valence-corrected chi connectivity index (χ4v) is 2.01. The molecule has 0 spiro atoms. The third-order valence-corrected chi connectivity index (χ3v) is 3.01. The topological polar surface area (TPSA) is 98.5 Å². The van der Waals surface area contributed by atoms with E-state index in [1.807, 2.05) is 6.07 Å². The number of aromatic nitrogens is 4. The van der Waals surface area contributed by atoms with Gasteiger partial charge in [-0.2, -0.15) is 23.4 Å². The molecule has 6 nitrogen and oxygen atoms in total. The number of rotatable bonds is 1. The van der Waals surface area contributed by atoms with E-state index >= 15 is 0 Å². The Labute approximate surface area is 120 Å². The lowest BCUT2D eigenvalue weighted by Crippen LogP contribution is -2.05. The average Bonchev–Trinajstić information content (AvgIpc) is 2.89. The normalized spacial score (nSPS) is 11.5. The Balaban J connectivity index is 2.29. The van der Waals surface area contributed by atoms with Crippen LogP contribution in [-0.4, -0.2) is 25.0 Å². The highest BCUT2D eigenvalue weighted by Gasteiger charge is 2.31. The fraction of sp³-hybridized carbons (Fsp3) is 0.0769. The SMILES string of the molecule is N#Cc1cnc(O)nc1-c1c[nH]c2ncc(C(F)(F)F)cc12. The van der Waals surface area contributed by atoms with Crippen LogP contribution in [0.3, 0.4) is 0 Å². The predicted molar refractivity (Wildman–Crippen MR) is 68.5 cm³/mol. The van der Waals surface area contributed by atoms with Crippen LogP contribution in [0, 0.1) is 11.3 Å². The van der Waals surface area contributed by atoms with E-state index in [2.05, 4.69) is 19.9 Å². The molecule has 2 N–H and O–H groups in total. The van der Waals surface area contributed by atoms with Gasteiger partial charge in [-0.05, 0) is 6.07 Å². The third-order valence-electron chi connectivity index (χ3n) is 3.01. The van der Waals surface area contributed by atoms with Crippen LogP contribution in [0.2, 0.25) is 0 Å². The standard InChI is InChI=1S/C13H6F3N5O/c14-13(15,16)7-1-8-9(5-19-11(8)18-4-7)10-6(2-17)3-20-12(22)21-10/h1,3-5H,(H,18,19)(H,20,21,22). The summed E-state index contributed by atoms with van der Waals surface area (Å²) in [4.78, 5) is 13.6. The molecule has 0 aliphatic heterocycles. The van der Waals surface area contributed by atoms with Crippen molar-refractivity contribution in [3.8, 4) is 23.3 Å². The van der Waals surface area contributed by atoms with Crippen LogP contribution in [0.5, 0.6) is 6.01 Å². The maximum Gasteiger partial charge on any atom is 0.417 e. The summed E-state index contributed by atoms with van der Waals surface area (Å²) in [6.45, 7) is 0. The molecule has 110 valence electrons. The lowest BCUT2D eigenvalue weighted by molar-refractivity contribution is -0.137. The molecule has 3 aromatic rings. The number of H-pyrrole nitrogens is 1. The van der Waals surface area contributed by atoms with Crippen molar-refractivity contribution in [2.45, 2.75) is 6.18 Å². The van der Waals surface area contributed by atoms with Gasteiger partial charge in [-0.15, -0.1) is 0 Å². The van der Waals surface area contributed by atoms with Crippen LogP contribution >= 0.6 is 0 Å². The first-order chi connectivity index (χ1) is 10.4. The number of pyridine rings is 1. The molecule has 0 aliphatic rings. The first-order valence-corrected chi connectivity index (χ1v) is 5.91. The quantitative estimate of drug-likeness (QED) is 0.720. The number of nitrogens with zero attached hydrogens (tertiary/aromatic N) is 4. The van der Waals surface area contributed by atoms with Gasteiger partial charge in [-0.25, -0.2) is 9.97 Å². The maximum atomic E-state index is 12.8. The molecule has 3 aromatic heterocycles. The van der Waals surface area contributed by atoms with Crippen LogP contribution in [0.15, 0.2) is 24.7 Å². The Bertz CT molecular complexity index is 910. The molecule has 3 rings (SSSR count). The number of nitrogens with one attached hydrogen (secondary N) is 1. The van der Waals surface area contributed by atoms with Crippen molar-refractivity contribution in [2.75, 3.05) is 0 Å². The van der Waals surface area contributed by atoms with E-state index in [9.17, 15) is 18.3 Å². The van der Waals surface area contributed by atoms with E-state index in [-0.39, 0.29) is 27.9 Å². The molecule has 0 fully saturated rings. The minimum absolute atomic E-state index is 0.0242. The number of alkyl halides is 3. The number of aromatic hydroxyl groups is 1. The zero-order valence-electron chi connectivity index (χ0n) is 10.7. The monoisotopic (exact) mass is 305 g/mol. The Hall–Kier alpha value is -3.15. The van der Waals surface area contributed by atoms with E-state index in [0.29, 0.717) is 6.20 Å². The Morgan fingerprint density at radius 2 is 2.00 bits per heavy atom. The second kappa shape index (κ2) is 4.70. The van der Waals surface area contributed by atoms with Gasteiger partial charge in [0.05, 0.1) is 23.0 Å². The van der Waals surface area contributed by atoms with Crippen LogP contribution in [0.4, 0.5) is 13.2 Å². The first-order valence-electron chi connectivity index (χ1n) is 5.91. The highest BCUT2D eigenvalue weighted by molar-refractivity contribution is 5.94. The molecule has 0 unspecified atom stereocenters. The van der Waals surface area contributed by atoms with Gasteiger partial charge in [0.1, 0.15) is 11.7 Å².